The van der Waals surface area contributed by atoms with Crippen LogP contribution >= 0.6 is 0 Å². The van der Waals surface area contributed by atoms with Crippen molar-refractivity contribution in [2.75, 3.05) is 6.61 Å². The quantitative estimate of drug-likeness (QED) is 0.587. The van der Waals surface area contributed by atoms with Crippen molar-refractivity contribution in [2.24, 2.45) is 0 Å². The van der Waals surface area contributed by atoms with Crippen molar-refractivity contribution in [3.8, 4) is 0 Å². The lowest BCUT2D eigenvalue weighted by Gasteiger charge is -2.33. The molecule has 0 bridgehead atoms. The van der Waals surface area contributed by atoms with Gasteiger partial charge in [0.25, 0.3) is 0 Å². The Balaban J connectivity index is 2.43. The molecule has 0 aromatic rings. The molecule has 0 amide bonds. The van der Waals surface area contributed by atoms with Gasteiger partial charge in [0.1, 0.15) is 0 Å². The molecule has 0 fully saturated rings. The molecule has 1 aliphatic heterocycles. The Morgan fingerprint density at radius 3 is 2.92 bits per heavy atom. The fourth-order valence-corrected chi connectivity index (χ4v) is 1.81. The monoisotopic (exact) mass is 168 g/mol. The summed E-state index contributed by atoms with van der Waals surface area (Å²) in [6.07, 6.45) is 7.06. The zero-order chi connectivity index (χ0) is 9.03. The minimum Gasteiger partial charge on any atom is -0.371 e. The van der Waals surface area contributed by atoms with Crippen molar-refractivity contribution in [1.82, 2.24) is 0 Å². The molecule has 0 radical (unpaired) electrons. The van der Waals surface area contributed by atoms with Crippen molar-refractivity contribution in [3.63, 3.8) is 0 Å². The summed E-state index contributed by atoms with van der Waals surface area (Å²) in [5, 5.41) is 0. The van der Waals surface area contributed by atoms with Crippen LogP contribution in [0.4, 0.5) is 0 Å². The third-order valence-electron chi connectivity index (χ3n) is 2.58. The van der Waals surface area contributed by atoms with E-state index in [2.05, 4.69) is 26.8 Å². The van der Waals surface area contributed by atoms with Crippen LogP contribution in [0.15, 0.2) is 11.6 Å². The van der Waals surface area contributed by atoms with Gasteiger partial charge in [-0.3, -0.25) is 0 Å². The summed E-state index contributed by atoms with van der Waals surface area (Å²) in [5.41, 5.74) is 1.62. The van der Waals surface area contributed by atoms with E-state index in [0.717, 1.165) is 13.0 Å². The molecule has 1 nitrogen and oxygen atoms in total. The van der Waals surface area contributed by atoms with Crippen molar-refractivity contribution in [2.45, 2.75) is 52.1 Å². The molecule has 1 heterocycles. The molecule has 12 heavy (non-hydrogen) atoms. The Bertz CT molecular complexity index is 172. The van der Waals surface area contributed by atoms with Crippen LogP contribution in [-0.2, 0) is 4.74 Å². The van der Waals surface area contributed by atoms with Crippen molar-refractivity contribution in [1.29, 1.82) is 0 Å². The number of unbranched alkanes of at least 4 members (excludes halogenated alkanes) is 1. The maximum atomic E-state index is 5.76. The highest BCUT2D eigenvalue weighted by Crippen LogP contribution is 2.29. The number of hydrogen-bond donors (Lipinski definition) is 0. The Morgan fingerprint density at radius 1 is 1.58 bits per heavy atom. The van der Waals surface area contributed by atoms with Crippen LogP contribution in [-0.4, -0.2) is 12.2 Å². The Hall–Kier alpha value is -0.300. The van der Waals surface area contributed by atoms with E-state index in [1.807, 2.05) is 0 Å². The Kier molecular flexibility index (Phi) is 3.33. The lowest BCUT2D eigenvalue weighted by atomic mass is 9.90. The van der Waals surface area contributed by atoms with E-state index < -0.39 is 0 Å². The minimum absolute atomic E-state index is 0.134. The summed E-state index contributed by atoms with van der Waals surface area (Å²) < 4.78 is 5.76. The van der Waals surface area contributed by atoms with E-state index in [-0.39, 0.29) is 5.60 Å². The van der Waals surface area contributed by atoms with E-state index >= 15 is 0 Å². The Morgan fingerprint density at radius 2 is 2.33 bits per heavy atom. The molecule has 1 rings (SSSR count). The molecule has 0 N–H and O–H groups in total. The van der Waals surface area contributed by atoms with Gasteiger partial charge in [0, 0.05) is 0 Å². The molecule has 0 saturated heterocycles. The van der Waals surface area contributed by atoms with Crippen LogP contribution < -0.4 is 0 Å². The zero-order valence-corrected chi connectivity index (χ0v) is 8.52. The van der Waals surface area contributed by atoms with Gasteiger partial charge in [-0.25, -0.2) is 0 Å². The Labute approximate surface area is 75.8 Å². The summed E-state index contributed by atoms with van der Waals surface area (Å²) in [6.45, 7) is 7.48. The molecular weight excluding hydrogens is 148 g/mol. The van der Waals surface area contributed by atoms with Crippen LogP contribution in [0.5, 0.6) is 0 Å². The van der Waals surface area contributed by atoms with Gasteiger partial charge in [-0.1, -0.05) is 31.4 Å². The molecular formula is C11H20O. The average Bonchev–Trinajstić information content (AvgIpc) is 2.01. The maximum absolute atomic E-state index is 5.76. The first-order valence-electron chi connectivity index (χ1n) is 4.96. The highest BCUT2D eigenvalue weighted by atomic mass is 16.5. The van der Waals surface area contributed by atoms with Crippen molar-refractivity contribution < 1.29 is 4.74 Å². The smallest absolute Gasteiger partial charge is 0.0695 e. The fraction of sp³-hybridized carbons (Fsp3) is 0.818. The van der Waals surface area contributed by atoms with Gasteiger partial charge in [0.15, 0.2) is 0 Å². The van der Waals surface area contributed by atoms with Crippen molar-refractivity contribution >= 4 is 0 Å². The van der Waals surface area contributed by atoms with E-state index in [1.165, 1.54) is 24.8 Å². The molecule has 0 aliphatic carbocycles. The van der Waals surface area contributed by atoms with E-state index in [9.17, 15) is 0 Å². The lowest BCUT2D eigenvalue weighted by Crippen LogP contribution is -2.31. The summed E-state index contributed by atoms with van der Waals surface area (Å²) >= 11 is 0. The normalized spacial score (nSPS) is 30.1. The molecule has 1 heteroatoms. The summed E-state index contributed by atoms with van der Waals surface area (Å²) in [6, 6.07) is 0. The fourth-order valence-electron chi connectivity index (χ4n) is 1.81. The predicted octanol–water partition coefficient (Wildman–Crippen LogP) is 3.30. The van der Waals surface area contributed by atoms with Crippen LogP contribution in [0.1, 0.15) is 46.5 Å². The summed E-state index contributed by atoms with van der Waals surface area (Å²) in [7, 11) is 0. The number of hydrogen-bond acceptors (Lipinski definition) is 1. The molecule has 1 unspecified atom stereocenters. The first-order chi connectivity index (χ1) is 5.66. The molecule has 1 aliphatic rings. The molecule has 0 aromatic heterocycles. The lowest BCUT2D eigenvalue weighted by molar-refractivity contribution is -0.0322. The molecule has 0 aromatic carbocycles. The SMILES string of the molecule is CCCCC1(C)CC(C)=CCO1. The minimum atomic E-state index is 0.134. The highest BCUT2D eigenvalue weighted by molar-refractivity contribution is 5.06. The van der Waals surface area contributed by atoms with E-state index in [0.29, 0.717) is 0 Å². The number of rotatable bonds is 3. The van der Waals surface area contributed by atoms with Gasteiger partial charge in [-0.05, 0) is 26.7 Å². The van der Waals surface area contributed by atoms with Gasteiger partial charge in [-0.15, -0.1) is 0 Å². The second kappa shape index (κ2) is 4.08. The first kappa shape index (κ1) is 9.79. The predicted molar refractivity (Wildman–Crippen MR) is 52.3 cm³/mol. The van der Waals surface area contributed by atoms with Crippen molar-refractivity contribution in [3.05, 3.63) is 11.6 Å². The largest absolute Gasteiger partial charge is 0.371 e. The third-order valence-corrected chi connectivity index (χ3v) is 2.58. The van der Waals surface area contributed by atoms with Crippen LogP contribution in [0.3, 0.4) is 0 Å². The third kappa shape index (κ3) is 2.63. The van der Waals surface area contributed by atoms with Crippen LogP contribution in [0, 0.1) is 0 Å². The van der Waals surface area contributed by atoms with Gasteiger partial charge in [-0.2, -0.15) is 0 Å². The second-order valence-corrected chi connectivity index (χ2v) is 4.09. The number of ether oxygens (including phenoxy) is 1. The van der Waals surface area contributed by atoms with Gasteiger partial charge in [0.2, 0.25) is 0 Å². The van der Waals surface area contributed by atoms with Gasteiger partial charge >= 0.3 is 0 Å². The first-order valence-corrected chi connectivity index (χ1v) is 4.96. The zero-order valence-electron chi connectivity index (χ0n) is 8.52. The second-order valence-electron chi connectivity index (χ2n) is 4.09. The molecule has 1 atom stereocenters. The summed E-state index contributed by atoms with van der Waals surface area (Å²) in [4.78, 5) is 0. The average molecular weight is 168 g/mol. The summed E-state index contributed by atoms with van der Waals surface area (Å²) in [5.74, 6) is 0. The topological polar surface area (TPSA) is 9.23 Å². The molecule has 0 saturated carbocycles. The van der Waals surface area contributed by atoms with Gasteiger partial charge < -0.3 is 4.74 Å². The highest BCUT2D eigenvalue weighted by Gasteiger charge is 2.26. The van der Waals surface area contributed by atoms with Crippen LogP contribution in [0.25, 0.3) is 0 Å². The van der Waals surface area contributed by atoms with E-state index in [1.54, 1.807) is 0 Å². The maximum Gasteiger partial charge on any atom is 0.0695 e. The molecule has 0 spiro atoms. The van der Waals surface area contributed by atoms with E-state index in [4.69, 9.17) is 4.74 Å². The van der Waals surface area contributed by atoms with Crippen LogP contribution in [0.2, 0.25) is 0 Å². The van der Waals surface area contributed by atoms with Gasteiger partial charge in [0.05, 0.1) is 12.2 Å². The standard InChI is InChI=1S/C11H20O/c1-4-5-7-11(3)9-10(2)6-8-12-11/h6H,4-5,7-9H2,1-3H3. The molecule has 70 valence electrons.